The van der Waals surface area contributed by atoms with Crippen LogP contribution in [0.4, 0.5) is 5.69 Å². The van der Waals surface area contributed by atoms with Crippen LogP contribution in [0.3, 0.4) is 0 Å². The minimum absolute atomic E-state index is 0.300. The summed E-state index contributed by atoms with van der Waals surface area (Å²) < 4.78 is 2.59. The minimum Gasteiger partial charge on any atom is -0.358 e. The lowest BCUT2D eigenvalue weighted by atomic mass is 9.62. The zero-order chi connectivity index (χ0) is 44.3. The van der Waals surface area contributed by atoms with Gasteiger partial charge in [-0.2, -0.15) is 0 Å². The molecule has 0 radical (unpaired) electrons. The van der Waals surface area contributed by atoms with Gasteiger partial charge in [0, 0.05) is 33.4 Å². The van der Waals surface area contributed by atoms with Crippen LogP contribution in [0.2, 0.25) is 0 Å². The van der Waals surface area contributed by atoms with Crippen LogP contribution in [-0.4, -0.2) is 4.57 Å². The van der Waals surface area contributed by atoms with E-state index in [1.54, 1.807) is 0 Å². The largest absolute Gasteiger partial charge is 0.358 e. The zero-order valence-electron chi connectivity index (χ0n) is 39.3. The van der Waals surface area contributed by atoms with Crippen LogP contribution in [0.15, 0.2) is 133 Å². The Morgan fingerprint density at radius 3 is 1.67 bits per heavy atom. The number of aryl methyl sites for hydroxylation is 4. The molecule has 0 spiro atoms. The molecular weight excluding hydrogens is 773 g/mol. The van der Waals surface area contributed by atoms with Crippen molar-refractivity contribution in [1.29, 1.82) is 0 Å². The summed E-state index contributed by atoms with van der Waals surface area (Å²) in [5, 5.41) is 6.64. The topological polar surface area (TPSA) is 17.0 Å². The lowest BCUT2D eigenvalue weighted by molar-refractivity contribution is 0.582. The van der Waals surface area contributed by atoms with Crippen LogP contribution >= 0.6 is 0 Å². The van der Waals surface area contributed by atoms with Gasteiger partial charge in [-0.25, -0.2) is 0 Å². The summed E-state index contributed by atoms with van der Waals surface area (Å²) in [6.07, 6.45) is 4.49. The highest BCUT2D eigenvalue weighted by Gasteiger charge is 2.41. The number of allylic oxidation sites excluding steroid dienone is 4. The predicted molar refractivity (Wildman–Crippen MR) is 274 cm³/mol. The molecule has 0 bridgehead atoms. The van der Waals surface area contributed by atoms with Gasteiger partial charge in [-0.3, -0.25) is 0 Å². The van der Waals surface area contributed by atoms with Gasteiger partial charge in [0.15, 0.2) is 0 Å². The van der Waals surface area contributed by atoms with Crippen molar-refractivity contribution in [2.45, 2.75) is 106 Å². The van der Waals surface area contributed by atoms with Gasteiger partial charge in [0.05, 0.1) is 11.0 Å². The molecule has 1 aromatic heterocycles. The summed E-state index contributed by atoms with van der Waals surface area (Å²) in [6, 6.07) is 46.4. The summed E-state index contributed by atoms with van der Waals surface area (Å²) in [4.78, 5) is 0. The quantitative estimate of drug-likeness (QED) is 0.177. The lowest BCUT2D eigenvalue weighted by Crippen LogP contribution is -2.24. The van der Waals surface area contributed by atoms with Crippen molar-refractivity contribution in [3.05, 3.63) is 200 Å². The third-order valence-electron chi connectivity index (χ3n) is 16.2. The monoisotopic (exact) mass is 832 g/mol. The molecule has 4 unspecified atom stereocenters. The summed E-state index contributed by atoms with van der Waals surface area (Å²) in [5.74, 6) is 1.32. The number of anilines is 1. The van der Waals surface area contributed by atoms with Crippen LogP contribution in [0.1, 0.15) is 131 Å². The standard InChI is InChI=1S/C62H60N2/c1-34-25-46(26-35(2)38(34)5)44-21-23-57(63-49-17-13-11-14-18-49)54(29-44)48-31-51-40(7)41(8)53-33-56-55-30-45(47-27-36(3)39(6)37(4)28-47)22-24-58(55)64(50-19-15-12-16-20-50)62(56)59-43(10)42(9)52(32-48)60(51)61(53)59/h11-20,22,24-33,40-43,63H,21,23H2,1-10H3. The van der Waals surface area contributed by atoms with Crippen LogP contribution in [0, 0.1) is 41.5 Å². The van der Waals surface area contributed by atoms with E-state index in [-0.39, 0.29) is 0 Å². The van der Waals surface area contributed by atoms with Gasteiger partial charge in [-0.15, -0.1) is 0 Å². The average molecular weight is 833 g/mol. The molecule has 8 aromatic rings. The highest BCUT2D eigenvalue weighted by Crippen LogP contribution is 2.60. The fraction of sp³-hybridized carbons (Fsp3) is 0.258. The molecule has 4 atom stereocenters. The van der Waals surface area contributed by atoms with E-state index in [1.165, 1.54) is 133 Å². The number of benzene rings is 7. The van der Waals surface area contributed by atoms with Crippen molar-refractivity contribution in [2.24, 2.45) is 0 Å². The van der Waals surface area contributed by atoms with Crippen LogP contribution in [0.5, 0.6) is 0 Å². The van der Waals surface area contributed by atoms with Gasteiger partial charge in [-0.05, 0) is 221 Å². The Labute approximate surface area is 380 Å². The molecule has 0 saturated carbocycles. The van der Waals surface area contributed by atoms with Gasteiger partial charge in [0.25, 0.3) is 0 Å². The second kappa shape index (κ2) is 15.1. The molecule has 64 heavy (non-hydrogen) atoms. The number of nitrogens with one attached hydrogen (secondary N) is 1. The first-order chi connectivity index (χ1) is 30.9. The van der Waals surface area contributed by atoms with E-state index in [4.69, 9.17) is 0 Å². The van der Waals surface area contributed by atoms with Crippen LogP contribution in [0.25, 0.3) is 60.9 Å². The zero-order valence-corrected chi connectivity index (χ0v) is 39.3. The van der Waals surface area contributed by atoms with Crippen molar-refractivity contribution in [3.63, 3.8) is 0 Å². The molecule has 1 heterocycles. The van der Waals surface area contributed by atoms with E-state index in [9.17, 15) is 0 Å². The Bertz CT molecular complexity index is 3240. The number of rotatable bonds is 6. The lowest BCUT2D eigenvalue weighted by Gasteiger charge is -2.42. The molecule has 11 rings (SSSR count). The van der Waals surface area contributed by atoms with Crippen molar-refractivity contribution in [1.82, 2.24) is 4.57 Å². The number of fused-ring (bicyclic) bond motifs is 4. The Morgan fingerprint density at radius 1 is 0.484 bits per heavy atom. The summed E-state index contributed by atoms with van der Waals surface area (Å²) in [5.41, 5.74) is 31.5. The number of aromatic nitrogens is 1. The number of hydrogen-bond donors (Lipinski definition) is 1. The summed E-state index contributed by atoms with van der Waals surface area (Å²) in [7, 11) is 0. The number of para-hydroxylation sites is 2. The second-order valence-electron chi connectivity index (χ2n) is 19.8. The molecular formula is C62H60N2. The van der Waals surface area contributed by atoms with Crippen molar-refractivity contribution in [2.75, 3.05) is 5.32 Å². The molecule has 3 aliphatic carbocycles. The Kier molecular flexibility index (Phi) is 9.55. The van der Waals surface area contributed by atoms with Crippen molar-refractivity contribution >= 4 is 38.6 Å². The molecule has 7 aromatic carbocycles. The van der Waals surface area contributed by atoms with E-state index in [0.717, 1.165) is 18.5 Å². The molecule has 2 nitrogen and oxygen atoms in total. The van der Waals surface area contributed by atoms with Crippen LogP contribution < -0.4 is 5.32 Å². The van der Waals surface area contributed by atoms with Gasteiger partial charge in [0.1, 0.15) is 0 Å². The molecule has 0 amide bonds. The van der Waals surface area contributed by atoms with Gasteiger partial charge in [0.2, 0.25) is 0 Å². The smallest absolute Gasteiger partial charge is 0.0582 e. The Balaban J connectivity index is 1.16. The first-order valence-corrected chi connectivity index (χ1v) is 23.7. The van der Waals surface area contributed by atoms with Crippen molar-refractivity contribution < 1.29 is 0 Å². The molecule has 3 aliphatic rings. The molecule has 2 heteroatoms. The normalized spacial score (nSPS) is 19.0. The molecule has 1 N–H and O–H groups in total. The van der Waals surface area contributed by atoms with Crippen molar-refractivity contribution in [3.8, 4) is 27.9 Å². The maximum Gasteiger partial charge on any atom is 0.0582 e. The van der Waals surface area contributed by atoms with E-state index in [1.807, 2.05) is 0 Å². The first-order valence-electron chi connectivity index (χ1n) is 23.7. The van der Waals surface area contributed by atoms with Gasteiger partial charge >= 0.3 is 0 Å². The molecule has 0 saturated heterocycles. The minimum atomic E-state index is 0.300. The number of nitrogens with zero attached hydrogens (tertiary/aromatic N) is 1. The number of hydrogen-bond acceptors (Lipinski definition) is 1. The fourth-order valence-corrected chi connectivity index (χ4v) is 11.7. The molecule has 0 aliphatic heterocycles. The summed E-state index contributed by atoms with van der Waals surface area (Å²) >= 11 is 0. The van der Waals surface area contributed by atoms with E-state index in [0.29, 0.717) is 23.7 Å². The summed E-state index contributed by atoms with van der Waals surface area (Å²) in [6.45, 7) is 23.5. The molecule has 318 valence electrons. The third-order valence-corrected chi connectivity index (χ3v) is 16.2. The molecule has 0 fully saturated rings. The van der Waals surface area contributed by atoms with E-state index < -0.39 is 0 Å². The second-order valence-corrected chi connectivity index (χ2v) is 19.8. The fourth-order valence-electron chi connectivity index (χ4n) is 11.7. The third kappa shape index (κ3) is 6.20. The Hall–Kier alpha value is -6.38. The van der Waals surface area contributed by atoms with E-state index in [2.05, 4.69) is 207 Å². The SMILES string of the molecule is Cc1cc(C2=CC(c3cc4c5c(c3)C(C)C(C)c3c-5c(cc5c6cc(-c7cc(C)c(C)c(C)c7)ccc6n(-c6ccccc6)c35)C(C)C4C)=C(Nc3ccccc3)CC2)cc(C)c1C. The van der Waals surface area contributed by atoms with Gasteiger partial charge < -0.3 is 9.88 Å². The maximum absolute atomic E-state index is 3.93. The predicted octanol–water partition coefficient (Wildman–Crippen LogP) is 17.1. The maximum atomic E-state index is 3.93. The van der Waals surface area contributed by atoms with Gasteiger partial charge in [-0.1, -0.05) is 107 Å². The Morgan fingerprint density at radius 2 is 1.05 bits per heavy atom. The first kappa shape index (κ1) is 40.4. The van der Waals surface area contributed by atoms with E-state index >= 15 is 0 Å². The highest BCUT2D eigenvalue weighted by atomic mass is 15.0. The average Bonchev–Trinajstić information content (AvgIpc) is 3.63. The van der Waals surface area contributed by atoms with Crippen LogP contribution in [-0.2, 0) is 0 Å². The highest BCUT2D eigenvalue weighted by molar-refractivity contribution is 6.14.